The van der Waals surface area contributed by atoms with Gasteiger partial charge in [-0.15, -0.1) is 24.0 Å². The van der Waals surface area contributed by atoms with Gasteiger partial charge >= 0.3 is 0 Å². The third kappa shape index (κ3) is 6.74. The SMILES string of the molecule is Cc1nc(CNC(=NCc2ccccc2)NCCc2ccco2)oc1C.I. The Morgan fingerprint density at radius 1 is 1.07 bits per heavy atom. The number of aromatic nitrogens is 1. The van der Waals surface area contributed by atoms with Crippen molar-refractivity contribution in [2.75, 3.05) is 6.54 Å². The normalized spacial score (nSPS) is 11.1. The molecule has 0 bridgehead atoms. The number of guanidine groups is 1. The highest BCUT2D eigenvalue weighted by Gasteiger charge is 2.07. The van der Waals surface area contributed by atoms with Crippen molar-refractivity contribution in [3.63, 3.8) is 0 Å². The minimum atomic E-state index is 0. The van der Waals surface area contributed by atoms with Gasteiger partial charge in [0.25, 0.3) is 0 Å². The number of aliphatic imine (C=N–C) groups is 1. The zero-order valence-electron chi connectivity index (χ0n) is 15.6. The van der Waals surface area contributed by atoms with Gasteiger partial charge in [-0.05, 0) is 31.5 Å². The summed E-state index contributed by atoms with van der Waals surface area (Å²) in [5.41, 5.74) is 2.07. The number of furan rings is 1. The van der Waals surface area contributed by atoms with Crippen molar-refractivity contribution in [2.45, 2.75) is 33.4 Å². The molecule has 2 aromatic heterocycles. The van der Waals surface area contributed by atoms with Gasteiger partial charge in [0.15, 0.2) is 5.96 Å². The summed E-state index contributed by atoms with van der Waals surface area (Å²) >= 11 is 0. The summed E-state index contributed by atoms with van der Waals surface area (Å²) in [4.78, 5) is 9.05. The van der Waals surface area contributed by atoms with Gasteiger partial charge in [-0.25, -0.2) is 9.98 Å². The molecule has 3 rings (SSSR count). The molecule has 1 aromatic carbocycles. The Labute approximate surface area is 176 Å². The molecule has 2 heterocycles. The zero-order valence-corrected chi connectivity index (χ0v) is 17.9. The van der Waals surface area contributed by atoms with E-state index in [1.165, 1.54) is 0 Å². The van der Waals surface area contributed by atoms with Crippen LogP contribution in [0.5, 0.6) is 0 Å². The molecule has 0 saturated heterocycles. The number of nitrogens with one attached hydrogen (secondary N) is 2. The maximum Gasteiger partial charge on any atom is 0.214 e. The minimum Gasteiger partial charge on any atom is -0.469 e. The van der Waals surface area contributed by atoms with Gasteiger partial charge in [0.05, 0.1) is 25.0 Å². The van der Waals surface area contributed by atoms with Crippen LogP contribution in [0.3, 0.4) is 0 Å². The Morgan fingerprint density at radius 3 is 2.56 bits per heavy atom. The average molecular weight is 480 g/mol. The summed E-state index contributed by atoms with van der Waals surface area (Å²) in [6.45, 7) is 5.65. The smallest absolute Gasteiger partial charge is 0.214 e. The van der Waals surface area contributed by atoms with Gasteiger partial charge < -0.3 is 19.5 Å². The number of aryl methyl sites for hydroxylation is 2. The summed E-state index contributed by atoms with van der Waals surface area (Å²) < 4.78 is 11.0. The molecule has 0 radical (unpaired) electrons. The first-order valence-electron chi connectivity index (χ1n) is 8.72. The average Bonchev–Trinajstić information content (AvgIpc) is 3.28. The molecule has 0 saturated carbocycles. The van der Waals surface area contributed by atoms with Crippen molar-refractivity contribution < 1.29 is 8.83 Å². The molecular formula is C20H25IN4O2. The minimum absolute atomic E-state index is 0. The number of nitrogens with zero attached hydrogens (tertiary/aromatic N) is 2. The van der Waals surface area contributed by atoms with Gasteiger partial charge in [0.1, 0.15) is 11.5 Å². The van der Waals surface area contributed by atoms with E-state index in [2.05, 4.69) is 32.7 Å². The highest BCUT2D eigenvalue weighted by atomic mass is 127. The first-order chi connectivity index (χ1) is 12.7. The van der Waals surface area contributed by atoms with Crippen LogP contribution in [0.1, 0.15) is 28.7 Å². The molecule has 0 spiro atoms. The van der Waals surface area contributed by atoms with E-state index in [0.717, 1.165) is 35.7 Å². The van der Waals surface area contributed by atoms with Crippen LogP contribution in [-0.2, 0) is 19.5 Å². The fourth-order valence-electron chi connectivity index (χ4n) is 2.46. The second-order valence-electron chi connectivity index (χ2n) is 6.01. The van der Waals surface area contributed by atoms with Crippen molar-refractivity contribution in [2.24, 2.45) is 4.99 Å². The summed E-state index contributed by atoms with van der Waals surface area (Å²) in [6.07, 6.45) is 2.47. The third-order valence-corrected chi connectivity index (χ3v) is 3.99. The molecule has 0 aliphatic carbocycles. The zero-order chi connectivity index (χ0) is 18.2. The fraction of sp³-hybridized carbons (Fsp3) is 0.300. The van der Waals surface area contributed by atoms with E-state index in [-0.39, 0.29) is 24.0 Å². The lowest BCUT2D eigenvalue weighted by Crippen LogP contribution is -2.38. The molecule has 7 heteroatoms. The van der Waals surface area contributed by atoms with E-state index >= 15 is 0 Å². The molecule has 144 valence electrons. The van der Waals surface area contributed by atoms with Crippen LogP contribution >= 0.6 is 24.0 Å². The number of halogens is 1. The van der Waals surface area contributed by atoms with Gasteiger partial charge in [0.2, 0.25) is 5.89 Å². The molecule has 0 aliphatic heterocycles. The number of oxazole rings is 1. The molecule has 27 heavy (non-hydrogen) atoms. The van der Waals surface area contributed by atoms with Crippen molar-refractivity contribution in [1.82, 2.24) is 15.6 Å². The van der Waals surface area contributed by atoms with Gasteiger partial charge in [0, 0.05) is 13.0 Å². The summed E-state index contributed by atoms with van der Waals surface area (Å²) in [5, 5.41) is 6.61. The number of hydrogen-bond acceptors (Lipinski definition) is 4. The molecule has 3 aromatic rings. The van der Waals surface area contributed by atoms with E-state index in [1.807, 2.05) is 44.2 Å². The highest BCUT2D eigenvalue weighted by molar-refractivity contribution is 14.0. The Hall–Kier alpha value is -2.29. The van der Waals surface area contributed by atoms with E-state index in [0.29, 0.717) is 24.9 Å². The van der Waals surface area contributed by atoms with Crippen molar-refractivity contribution in [3.8, 4) is 0 Å². The van der Waals surface area contributed by atoms with Crippen molar-refractivity contribution >= 4 is 29.9 Å². The number of hydrogen-bond donors (Lipinski definition) is 2. The van der Waals surface area contributed by atoms with E-state index < -0.39 is 0 Å². The van der Waals surface area contributed by atoms with E-state index in [4.69, 9.17) is 8.83 Å². The monoisotopic (exact) mass is 480 g/mol. The van der Waals surface area contributed by atoms with Crippen LogP contribution in [0, 0.1) is 13.8 Å². The molecule has 0 aliphatic rings. The Morgan fingerprint density at radius 2 is 1.89 bits per heavy atom. The second-order valence-corrected chi connectivity index (χ2v) is 6.01. The largest absolute Gasteiger partial charge is 0.469 e. The number of rotatable bonds is 7. The maximum atomic E-state index is 5.62. The molecule has 0 unspecified atom stereocenters. The van der Waals surface area contributed by atoms with Gasteiger partial charge in [-0.2, -0.15) is 0 Å². The molecule has 0 amide bonds. The summed E-state index contributed by atoms with van der Waals surface area (Å²) in [5.74, 6) is 3.16. The van der Waals surface area contributed by atoms with E-state index in [9.17, 15) is 0 Å². The quantitative estimate of drug-likeness (QED) is 0.304. The molecule has 2 N–H and O–H groups in total. The van der Waals surface area contributed by atoms with Crippen LogP contribution < -0.4 is 10.6 Å². The van der Waals surface area contributed by atoms with Crippen LogP contribution in [0.2, 0.25) is 0 Å². The highest BCUT2D eigenvalue weighted by Crippen LogP contribution is 2.08. The van der Waals surface area contributed by atoms with Crippen LogP contribution in [-0.4, -0.2) is 17.5 Å². The van der Waals surface area contributed by atoms with Crippen molar-refractivity contribution in [3.05, 3.63) is 77.4 Å². The molecule has 0 atom stereocenters. The lowest BCUT2D eigenvalue weighted by atomic mass is 10.2. The molecule has 0 fully saturated rings. The third-order valence-electron chi connectivity index (χ3n) is 3.99. The fourth-order valence-corrected chi connectivity index (χ4v) is 2.46. The predicted molar refractivity (Wildman–Crippen MR) is 116 cm³/mol. The standard InChI is InChI=1S/C20H24N4O2.HI/c1-15-16(2)26-19(24-15)14-23-20(21-11-10-18-9-6-12-25-18)22-13-17-7-4-3-5-8-17;/h3-9,12H,10-11,13-14H2,1-2H3,(H2,21,22,23);1H. The van der Waals surface area contributed by atoms with Crippen LogP contribution in [0.25, 0.3) is 0 Å². The van der Waals surface area contributed by atoms with Gasteiger partial charge in [-0.1, -0.05) is 30.3 Å². The topological polar surface area (TPSA) is 75.6 Å². The number of benzene rings is 1. The van der Waals surface area contributed by atoms with Crippen LogP contribution in [0.15, 0.2) is 62.6 Å². The molecule has 6 nitrogen and oxygen atoms in total. The maximum absolute atomic E-state index is 5.62. The summed E-state index contributed by atoms with van der Waals surface area (Å²) in [6, 6.07) is 14.0. The Bertz CT molecular complexity index is 810. The lowest BCUT2D eigenvalue weighted by Gasteiger charge is -2.11. The van der Waals surface area contributed by atoms with E-state index in [1.54, 1.807) is 6.26 Å². The summed E-state index contributed by atoms with van der Waals surface area (Å²) in [7, 11) is 0. The Kier molecular flexibility index (Phi) is 8.38. The van der Waals surface area contributed by atoms with Gasteiger partial charge in [-0.3, -0.25) is 0 Å². The van der Waals surface area contributed by atoms with Crippen molar-refractivity contribution in [1.29, 1.82) is 0 Å². The Balaban J connectivity index is 0.00000261. The second kappa shape index (κ2) is 10.8. The first-order valence-corrected chi connectivity index (χ1v) is 8.72. The van der Waals surface area contributed by atoms with Crippen LogP contribution in [0.4, 0.5) is 0 Å². The first kappa shape index (κ1) is 21.0. The predicted octanol–water partition coefficient (Wildman–Crippen LogP) is 3.98. The molecular weight excluding hydrogens is 455 g/mol. The lowest BCUT2D eigenvalue weighted by molar-refractivity contribution is 0.463.